The summed E-state index contributed by atoms with van der Waals surface area (Å²) in [5.41, 5.74) is 1.95. The Morgan fingerprint density at radius 2 is 1.75 bits per heavy atom. The number of carbonyl (C=O) groups excluding carboxylic acids is 2. The molecule has 36 heavy (non-hydrogen) atoms. The molecule has 1 saturated heterocycles. The van der Waals surface area contributed by atoms with E-state index in [1.807, 2.05) is 18.0 Å². The number of anilines is 2. The van der Waals surface area contributed by atoms with Crippen molar-refractivity contribution in [3.63, 3.8) is 0 Å². The van der Waals surface area contributed by atoms with Crippen molar-refractivity contribution >= 4 is 34.6 Å². The first-order valence-electron chi connectivity index (χ1n) is 12.7. The molecule has 2 aliphatic rings. The average Bonchev–Trinajstić information content (AvgIpc) is 3.56. The molecule has 2 amide bonds. The number of piperidine rings is 1. The third kappa shape index (κ3) is 4.77. The lowest BCUT2D eigenvalue weighted by Crippen LogP contribution is -2.43. The average molecular weight is 491 g/mol. The fraction of sp³-hybridized carbons (Fsp3) is 0.500. The van der Waals surface area contributed by atoms with Crippen LogP contribution in [0.2, 0.25) is 0 Å². The maximum atomic E-state index is 12.9. The molecule has 3 aromatic heterocycles. The van der Waals surface area contributed by atoms with Gasteiger partial charge in [0.05, 0.1) is 5.56 Å². The lowest BCUT2D eigenvalue weighted by atomic mass is 10.0. The van der Waals surface area contributed by atoms with E-state index in [1.165, 1.54) is 0 Å². The van der Waals surface area contributed by atoms with Gasteiger partial charge >= 0.3 is 0 Å². The molecule has 0 atom stereocenters. The zero-order valence-corrected chi connectivity index (χ0v) is 21.2. The van der Waals surface area contributed by atoms with Crippen molar-refractivity contribution in [3.05, 3.63) is 41.9 Å². The number of nitrogens with zero attached hydrogens (tertiary/aromatic N) is 6. The number of hydrogen-bond donors (Lipinski definition) is 2. The van der Waals surface area contributed by atoms with E-state index < -0.39 is 0 Å². The lowest BCUT2D eigenvalue weighted by Gasteiger charge is -2.31. The molecule has 0 aromatic carbocycles. The normalized spacial score (nSPS) is 16.9. The van der Waals surface area contributed by atoms with Gasteiger partial charge in [0.1, 0.15) is 17.2 Å². The highest BCUT2D eigenvalue weighted by molar-refractivity contribution is 5.98. The fourth-order valence-electron chi connectivity index (χ4n) is 5.27. The van der Waals surface area contributed by atoms with Crippen LogP contribution in [0, 0.1) is 0 Å². The van der Waals surface area contributed by atoms with Crippen LogP contribution in [0.15, 0.2) is 30.6 Å². The summed E-state index contributed by atoms with van der Waals surface area (Å²) in [7, 11) is 5.39. The van der Waals surface area contributed by atoms with E-state index in [4.69, 9.17) is 4.98 Å². The van der Waals surface area contributed by atoms with Gasteiger partial charge < -0.3 is 25.0 Å². The number of carbonyl (C=O) groups is 2. The minimum atomic E-state index is -0.0363. The third-order valence-electron chi connectivity index (χ3n) is 7.32. The Morgan fingerprint density at radius 3 is 2.42 bits per heavy atom. The zero-order chi connectivity index (χ0) is 25.2. The van der Waals surface area contributed by atoms with Gasteiger partial charge in [0.25, 0.3) is 11.8 Å². The van der Waals surface area contributed by atoms with E-state index in [0.717, 1.165) is 62.6 Å². The summed E-state index contributed by atoms with van der Waals surface area (Å²) in [6.07, 6.45) is 9.62. The van der Waals surface area contributed by atoms with Crippen LogP contribution in [-0.4, -0.2) is 81.4 Å². The summed E-state index contributed by atoms with van der Waals surface area (Å²) >= 11 is 0. The molecule has 10 nitrogen and oxygen atoms in total. The first-order valence-corrected chi connectivity index (χ1v) is 12.7. The van der Waals surface area contributed by atoms with Gasteiger partial charge in [0.2, 0.25) is 5.95 Å². The lowest BCUT2D eigenvalue weighted by molar-refractivity contribution is 0.0702. The van der Waals surface area contributed by atoms with Crippen LogP contribution >= 0.6 is 0 Å². The van der Waals surface area contributed by atoms with Crippen molar-refractivity contribution in [2.45, 2.75) is 50.6 Å². The molecule has 0 bridgehead atoms. The van der Waals surface area contributed by atoms with Gasteiger partial charge in [-0.1, -0.05) is 12.8 Å². The van der Waals surface area contributed by atoms with Gasteiger partial charge in [-0.2, -0.15) is 4.98 Å². The quantitative estimate of drug-likeness (QED) is 0.546. The molecule has 2 fully saturated rings. The number of rotatable bonds is 6. The maximum absolute atomic E-state index is 12.9. The van der Waals surface area contributed by atoms with E-state index in [1.54, 1.807) is 43.5 Å². The summed E-state index contributed by atoms with van der Waals surface area (Å²) < 4.78 is 2.09. The van der Waals surface area contributed by atoms with Crippen molar-refractivity contribution in [1.82, 2.24) is 34.6 Å². The molecular formula is C26H34N8O2. The Labute approximate surface area is 211 Å². The van der Waals surface area contributed by atoms with Gasteiger partial charge in [-0.15, -0.1) is 0 Å². The second-order valence-corrected chi connectivity index (χ2v) is 9.96. The van der Waals surface area contributed by atoms with E-state index >= 15 is 0 Å². The van der Waals surface area contributed by atoms with E-state index in [2.05, 4.69) is 25.2 Å². The molecule has 0 radical (unpaired) electrons. The highest BCUT2D eigenvalue weighted by Crippen LogP contribution is 2.35. The molecule has 0 spiro atoms. The summed E-state index contributed by atoms with van der Waals surface area (Å²) in [6.45, 7) is 1.87. The van der Waals surface area contributed by atoms with Crippen molar-refractivity contribution in [3.8, 4) is 0 Å². The monoisotopic (exact) mass is 490 g/mol. The minimum Gasteiger partial charge on any atom is -0.343 e. The molecule has 1 aliphatic heterocycles. The Morgan fingerprint density at radius 1 is 1.00 bits per heavy atom. The second-order valence-electron chi connectivity index (χ2n) is 9.96. The van der Waals surface area contributed by atoms with Gasteiger partial charge in [0.15, 0.2) is 0 Å². The van der Waals surface area contributed by atoms with E-state index in [9.17, 15) is 9.59 Å². The molecule has 4 heterocycles. The summed E-state index contributed by atoms with van der Waals surface area (Å²) in [5.74, 6) is 0.901. The van der Waals surface area contributed by atoms with Crippen LogP contribution in [0.1, 0.15) is 65.4 Å². The highest BCUT2D eigenvalue weighted by Gasteiger charge is 2.27. The Bertz CT molecular complexity index is 1240. The number of pyridine rings is 1. The maximum Gasteiger partial charge on any atom is 0.270 e. The largest absolute Gasteiger partial charge is 0.343 e. The summed E-state index contributed by atoms with van der Waals surface area (Å²) in [6, 6.07) is 5.94. The number of nitrogens with one attached hydrogen (secondary N) is 2. The zero-order valence-electron chi connectivity index (χ0n) is 21.2. The molecule has 1 saturated carbocycles. The van der Waals surface area contributed by atoms with Crippen LogP contribution in [0.5, 0.6) is 0 Å². The van der Waals surface area contributed by atoms with Crippen LogP contribution in [0.3, 0.4) is 0 Å². The highest BCUT2D eigenvalue weighted by atomic mass is 16.2. The Hall–Kier alpha value is -3.53. The van der Waals surface area contributed by atoms with Crippen LogP contribution < -0.4 is 10.6 Å². The number of aromatic nitrogens is 4. The predicted octanol–water partition coefficient (Wildman–Crippen LogP) is 3.21. The number of fused-ring (bicyclic) bond motifs is 1. The Balaban J connectivity index is 1.37. The van der Waals surface area contributed by atoms with Crippen LogP contribution in [0.4, 0.5) is 11.8 Å². The van der Waals surface area contributed by atoms with Crippen LogP contribution in [-0.2, 0) is 0 Å². The third-order valence-corrected chi connectivity index (χ3v) is 7.32. The first-order chi connectivity index (χ1) is 17.4. The number of amides is 2. The molecule has 10 heteroatoms. The van der Waals surface area contributed by atoms with Gasteiger partial charge in [-0.05, 0) is 57.0 Å². The molecule has 0 unspecified atom stereocenters. The second kappa shape index (κ2) is 10.2. The summed E-state index contributed by atoms with van der Waals surface area (Å²) in [4.78, 5) is 42.9. The smallest absolute Gasteiger partial charge is 0.270 e. The molecule has 5 rings (SSSR count). The van der Waals surface area contributed by atoms with Crippen LogP contribution in [0.25, 0.3) is 11.0 Å². The predicted molar refractivity (Wildman–Crippen MR) is 139 cm³/mol. The Kier molecular flexibility index (Phi) is 6.86. The standard InChI is InChI=1S/C26H34N8O2/c1-32(2)25(36)21-14-18-16-29-26(31-23(18)34(21)20-6-4-5-7-20)30-22-9-8-17(15-28-22)24(35)33(3)19-10-12-27-13-11-19/h8-9,14-16,19-20,27H,4-7,10-13H2,1-3H3,(H,28,29,30,31). The molecular weight excluding hydrogens is 456 g/mol. The topological polar surface area (TPSA) is 108 Å². The minimum absolute atomic E-state index is 0.0221. The summed E-state index contributed by atoms with van der Waals surface area (Å²) in [5, 5.41) is 7.33. The molecule has 2 N–H and O–H groups in total. The first kappa shape index (κ1) is 24.2. The van der Waals surface area contributed by atoms with Gasteiger partial charge in [-0.3, -0.25) is 9.59 Å². The fourth-order valence-corrected chi connectivity index (χ4v) is 5.27. The molecule has 3 aromatic rings. The van der Waals surface area contributed by atoms with E-state index in [0.29, 0.717) is 23.0 Å². The number of hydrogen-bond acceptors (Lipinski definition) is 7. The molecule has 190 valence electrons. The SMILES string of the molecule is CN(C)C(=O)c1cc2cnc(Nc3ccc(C(=O)N(C)C4CCNCC4)cn3)nc2n1C1CCCC1. The molecule has 1 aliphatic carbocycles. The van der Waals surface area contributed by atoms with E-state index in [-0.39, 0.29) is 23.9 Å². The van der Waals surface area contributed by atoms with Gasteiger partial charge in [-0.25, -0.2) is 9.97 Å². The van der Waals surface area contributed by atoms with Crippen molar-refractivity contribution in [1.29, 1.82) is 0 Å². The van der Waals surface area contributed by atoms with Crippen molar-refractivity contribution in [2.24, 2.45) is 0 Å². The van der Waals surface area contributed by atoms with Crippen molar-refractivity contribution in [2.75, 3.05) is 39.5 Å². The van der Waals surface area contributed by atoms with Crippen molar-refractivity contribution < 1.29 is 9.59 Å². The van der Waals surface area contributed by atoms with Gasteiger partial charge in [0, 0.05) is 51.0 Å².